The summed E-state index contributed by atoms with van der Waals surface area (Å²) in [5, 5.41) is 0.793. The molecule has 1 aliphatic heterocycles. The highest BCUT2D eigenvalue weighted by molar-refractivity contribution is 9.09. The van der Waals surface area contributed by atoms with Gasteiger partial charge in [-0.05, 0) is 19.4 Å². The summed E-state index contributed by atoms with van der Waals surface area (Å²) in [6, 6.07) is 10.1. The van der Waals surface area contributed by atoms with Crippen LogP contribution in [0.1, 0.15) is 19.4 Å². The monoisotopic (exact) mass is 372 g/mol. The largest absolute Gasteiger partial charge is 0.378 e. The first kappa shape index (κ1) is 17.9. The van der Waals surface area contributed by atoms with Gasteiger partial charge in [0.1, 0.15) is 0 Å². The van der Waals surface area contributed by atoms with Crippen LogP contribution >= 0.6 is 15.9 Å². The van der Waals surface area contributed by atoms with Gasteiger partial charge in [-0.1, -0.05) is 46.3 Å². The molecule has 0 saturated carbocycles. The molecule has 0 spiro atoms. The lowest BCUT2D eigenvalue weighted by molar-refractivity contribution is -0.287. The van der Waals surface area contributed by atoms with Crippen molar-refractivity contribution < 1.29 is 18.9 Å². The standard InChI is InChI=1S/C17H25BrO4/c1-16(2)21-13-17(11-18,14-22-16)12-20-9-8-19-10-15-6-4-3-5-7-15/h3-7H,8-14H2,1-2H3. The van der Waals surface area contributed by atoms with Gasteiger partial charge < -0.3 is 18.9 Å². The number of ether oxygens (including phenoxy) is 4. The second-order valence-electron chi connectivity index (χ2n) is 6.20. The molecule has 1 saturated heterocycles. The second-order valence-corrected chi connectivity index (χ2v) is 6.76. The van der Waals surface area contributed by atoms with E-state index in [4.69, 9.17) is 18.9 Å². The molecule has 2 rings (SSSR count). The molecule has 1 aliphatic rings. The Bertz CT molecular complexity index is 426. The third kappa shape index (κ3) is 5.63. The first-order valence-electron chi connectivity index (χ1n) is 7.59. The molecule has 1 aromatic carbocycles. The molecule has 0 bridgehead atoms. The zero-order chi connectivity index (χ0) is 15.9. The van der Waals surface area contributed by atoms with Crippen molar-refractivity contribution in [2.24, 2.45) is 5.41 Å². The van der Waals surface area contributed by atoms with Crippen LogP contribution in [0.2, 0.25) is 0 Å². The highest BCUT2D eigenvalue weighted by atomic mass is 79.9. The van der Waals surface area contributed by atoms with Crippen molar-refractivity contribution in [2.75, 3.05) is 38.4 Å². The fraction of sp³-hybridized carbons (Fsp3) is 0.647. The minimum atomic E-state index is -0.496. The molecule has 1 fully saturated rings. The van der Waals surface area contributed by atoms with E-state index in [9.17, 15) is 0 Å². The highest BCUT2D eigenvalue weighted by Crippen LogP contribution is 2.31. The summed E-state index contributed by atoms with van der Waals surface area (Å²) in [5.74, 6) is -0.496. The molecule has 124 valence electrons. The van der Waals surface area contributed by atoms with Crippen LogP contribution in [0, 0.1) is 5.41 Å². The number of alkyl halides is 1. The Kier molecular flexibility index (Phi) is 6.84. The maximum Gasteiger partial charge on any atom is 0.162 e. The Labute approximate surface area is 141 Å². The van der Waals surface area contributed by atoms with E-state index in [1.54, 1.807) is 0 Å². The van der Waals surface area contributed by atoms with Crippen LogP contribution in [0.25, 0.3) is 0 Å². The average molecular weight is 373 g/mol. The maximum atomic E-state index is 5.76. The van der Waals surface area contributed by atoms with Crippen molar-refractivity contribution in [3.05, 3.63) is 35.9 Å². The second kappa shape index (κ2) is 8.41. The highest BCUT2D eigenvalue weighted by Gasteiger charge is 2.39. The van der Waals surface area contributed by atoms with Crippen molar-refractivity contribution in [3.63, 3.8) is 0 Å². The summed E-state index contributed by atoms with van der Waals surface area (Å²) in [6.07, 6.45) is 0. The number of hydrogen-bond acceptors (Lipinski definition) is 4. The van der Waals surface area contributed by atoms with Crippen LogP contribution in [0.5, 0.6) is 0 Å². The molecule has 0 N–H and O–H groups in total. The summed E-state index contributed by atoms with van der Waals surface area (Å²) in [7, 11) is 0. The summed E-state index contributed by atoms with van der Waals surface area (Å²) >= 11 is 3.55. The topological polar surface area (TPSA) is 36.9 Å². The number of rotatable bonds is 8. The Morgan fingerprint density at radius 1 is 1.05 bits per heavy atom. The Balaban J connectivity index is 1.61. The molecule has 0 aliphatic carbocycles. The number of hydrogen-bond donors (Lipinski definition) is 0. The van der Waals surface area contributed by atoms with Gasteiger partial charge in [-0.3, -0.25) is 0 Å². The van der Waals surface area contributed by atoms with Gasteiger partial charge in [-0.15, -0.1) is 0 Å². The van der Waals surface area contributed by atoms with Gasteiger partial charge in [0.15, 0.2) is 5.79 Å². The van der Waals surface area contributed by atoms with Crippen LogP contribution in [-0.4, -0.2) is 44.2 Å². The Hall–Kier alpha value is -0.460. The minimum absolute atomic E-state index is 0.116. The smallest absolute Gasteiger partial charge is 0.162 e. The van der Waals surface area contributed by atoms with E-state index in [1.807, 2.05) is 32.0 Å². The zero-order valence-electron chi connectivity index (χ0n) is 13.3. The molecule has 5 heteroatoms. The van der Waals surface area contributed by atoms with Crippen LogP contribution in [0.15, 0.2) is 30.3 Å². The molecule has 0 atom stereocenters. The van der Waals surface area contributed by atoms with Gasteiger partial charge in [0.2, 0.25) is 0 Å². The number of benzene rings is 1. The van der Waals surface area contributed by atoms with Gasteiger partial charge in [-0.2, -0.15) is 0 Å². The Morgan fingerprint density at radius 3 is 2.32 bits per heavy atom. The van der Waals surface area contributed by atoms with Crippen LogP contribution < -0.4 is 0 Å². The third-order valence-corrected chi connectivity index (χ3v) is 4.82. The molecular weight excluding hydrogens is 348 g/mol. The molecular formula is C17H25BrO4. The lowest BCUT2D eigenvalue weighted by atomic mass is 9.93. The van der Waals surface area contributed by atoms with Crippen LogP contribution in [0.4, 0.5) is 0 Å². The van der Waals surface area contributed by atoms with E-state index in [-0.39, 0.29) is 5.41 Å². The normalized spacial score (nSPS) is 20.0. The van der Waals surface area contributed by atoms with Gasteiger partial charge >= 0.3 is 0 Å². The summed E-state index contributed by atoms with van der Waals surface area (Å²) < 4.78 is 22.9. The number of halogens is 1. The van der Waals surface area contributed by atoms with E-state index in [1.165, 1.54) is 5.56 Å². The van der Waals surface area contributed by atoms with E-state index in [0.29, 0.717) is 39.6 Å². The average Bonchev–Trinajstić information content (AvgIpc) is 2.54. The lowest BCUT2D eigenvalue weighted by Gasteiger charge is -2.42. The summed E-state index contributed by atoms with van der Waals surface area (Å²) in [5.41, 5.74) is 1.06. The predicted molar refractivity (Wildman–Crippen MR) is 89.1 cm³/mol. The quantitative estimate of drug-likeness (QED) is 0.517. The Morgan fingerprint density at radius 2 is 1.68 bits per heavy atom. The van der Waals surface area contributed by atoms with Gasteiger partial charge in [-0.25, -0.2) is 0 Å². The summed E-state index contributed by atoms with van der Waals surface area (Å²) in [4.78, 5) is 0. The van der Waals surface area contributed by atoms with Crippen molar-refractivity contribution in [1.29, 1.82) is 0 Å². The minimum Gasteiger partial charge on any atom is -0.378 e. The molecule has 22 heavy (non-hydrogen) atoms. The van der Waals surface area contributed by atoms with Crippen molar-refractivity contribution in [3.8, 4) is 0 Å². The van der Waals surface area contributed by atoms with E-state index in [0.717, 1.165) is 5.33 Å². The molecule has 1 heterocycles. The van der Waals surface area contributed by atoms with E-state index < -0.39 is 5.79 Å². The fourth-order valence-corrected chi connectivity index (χ4v) is 2.59. The van der Waals surface area contributed by atoms with Crippen LogP contribution in [0.3, 0.4) is 0 Å². The van der Waals surface area contributed by atoms with Crippen molar-refractivity contribution in [2.45, 2.75) is 26.2 Å². The molecule has 0 unspecified atom stereocenters. The van der Waals surface area contributed by atoms with E-state index in [2.05, 4.69) is 28.1 Å². The van der Waals surface area contributed by atoms with Crippen molar-refractivity contribution in [1.82, 2.24) is 0 Å². The first-order valence-corrected chi connectivity index (χ1v) is 8.71. The van der Waals surface area contributed by atoms with Gasteiger partial charge in [0, 0.05) is 5.33 Å². The predicted octanol–water partition coefficient (Wildman–Crippen LogP) is 3.38. The molecule has 0 radical (unpaired) electrons. The zero-order valence-corrected chi connectivity index (χ0v) is 14.9. The lowest BCUT2D eigenvalue weighted by Crippen LogP contribution is -2.50. The SMILES string of the molecule is CC1(C)OCC(CBr)(COCCOCc2ccccc2)CO1. The summed E-state index contributed by atoms with van der Waals surface area (Å²) in [6.45, 7) is 7.52. The molecule has 0 aromatic heterocycles. The van der Waals surface area contributed by atoms with Gasteiger partial charge in [0.05, 0.1) is 45.1 Å². The molecule has 1 aromatic rings. The van der Waals surface area contributed by atoms with Gasteiger partial charge in [0.25, 0.3) is 0 Å². The molecule has 0 amide bonds. The van der Waals surface area contributed by atoms with E-state index >= 15 is 0 Å². The maximum absolute atomic E-state index is 5.76. The fourth-order valence-electron chi connectivity index (χ4n) is 2.11. The first-order chi connectivity index (χ1) is 10.6. The third-order valence-electron chi connectivity index (χ3n) is 3.63. The van der Waals surface area contributed by atoms with Crippen molar-refractivity contribution >= 4 is 15.9 Å². The molecule has 4 nitrogen and oxygen atoms in total. The van der Waals surface area contributed by atoms with Crippen LogP contribution in [-0.2, 0) is 25.6 Å².